The van der Waals surface area contributed by atoms with E-state index in [-0.39, 0.29) is 5.83 Å². The van der Waals surface area contributed by atoms with Crippen LogP contribution in [0.5, 0.6) is 0 Å². The van der Waals surface area contributed by atoms with Crippen LogP contribution in [0.4, 0.5) is 4.39 Å². The summed E-state index contributed by atoms with van der Waals surface area (Å²) in [4.78, 5) is 3.61. The molecule has 2 heteroatoms. The fraction of sp³-hybridized carbons (Fsp3) is 0. The Kier molecular flexibility index (Phi) is 1.02. The van der Waals surface area contributed by atoms with E-state index in [1.54, 1.807) is 0 Å². The van der Waals surface area contributed by atoms with Crippen molar-refractivity contribution in [1.82, 2.24) is 4.99 Å². The number of rotatable bonds is 0. The lowest BCUT2D eigenvalue weighted by Crippen LogP contribution is -1.84. The predicted molar refractivity (Wildman–Crippen MR) is 26.5 cm³/mol. The van der Waals surface area contributed by atoms with Crippen LogP contribution in [0.15, 0.2) is 24.2 Å². The molecule has 0 saturated carbocycles. The molecule has 7 heavy (non-hydrogen) atoms. The van der Waals surface area contributed by atoms with Crippen LogP contribution in [0.1, 0.15) is 0 Å². The lowest BCUT2D eigenvalue weighted by molar-refractivity contribution is 0.666. The van der Waals surface area contributed by atoms with E-state index in [1.807, 2.05) is 0 Å². The Labute approximate surface area is 40.9 Å². The SMILES string of the molecule is FC1=CC=[N+]C=C1. The minimum atomic E-state index is -0.241. The summed E-state index contributed by atoms with van der Waals surface area (Å²) >= 11 is 0. The van der Waals surface area contributed by atoms with Gasteiger partial charge in [-0.2, -0.15) is 0 Å². The van der Waals surface area contributed by atoms with Crippen molar-refractivity contribution < 1.29 is 4.39 Å². The van der Waals surface area contributed by atoms with Crippen molar-refractivity contribution in [2.75, 3.05) is 0 Å². The molecule has 0 aromatic rings. The van der Waals surface area contributed by atoms with Crippen LogP contribution < -0.4 is 4.99 Å². The first-order chi connectivity index (χ1) is 3.39. The number of hydrogen-bond acceptors (Lipinski definition) is 1. The highest BCUT2D eigenvalue weighted by atomic mass is 19.1. The summed E-state index contributed by atoms with van der Waals surface area (Å²) in [5, 5.41) is 0. The molecule has 1 radical (unpaired) electrons. The number of halogens is 1. The van der Waals surface area contributed by atoms with E-state index in [0.29, 0.717) is 0 Å². The molecule has 0 aliphatic carbocycles. The smallest absolute Gasteiger partial charge is 0.207 e. The Hall–Kier alpha value is -0.920. The molecule has 0 aromatic carbocycles. The Bertz CT molecular complexity index is 144. The molecule has 1 nitrogen and oxygen atoms in total. The zero-order valence-electron chi connectivity index (χ0n) is 3.63. The average molecular weight is 97.1 g/mol. The van der Waals surface area contributed by atoms with Gasteiger partial charge in [-0.15, -0.1) is 0 Å². The van der Waals surface area contributed by atoms with Gasteiger partial charge in [-0.3, -0.25) is 0 Å². The molecule has 0 spiro atoms. The number of nitrogens with zero attached hydrogens (tertiary/aromatic N) is 1. The summed E-state index contributed by atoms with van der Waals surface area (Å²) in [5.41, 5.74) is 0. The molecule has 0 aromatic heterocycles. The van der Waals surface area contributed by atoms with Gasteiger partial charge in [0.15, 0.2) is 0 Å². The average Bonchev–Trinajstić information content (AvgIpc) is 1.69. The number of hydrogen-bond donors (Lipinski definition) is 0. The molecule has 1 rings (SSSR count). The molecule has 0 amide bonds. The molecule has 0 N–H and O–H groups in total. The van der Waals surface area contributed by atoms with Gasteiger partial charge in [-0.25, -0.2) is 4.39 Å². The Morgan fingerprint density at radius 3 is 2.71 bits per heavy atom. The van der Waals surface area contributed by atoms with Crippen molar-refractivity contribution in [2.45, 2.75) is 0 Å². The van der Waals surface area contributed by atoms with Crippen molar-refractivity contribution in [2.24, 2.45) is 0 Å². The summed E-state index contributed by atoms with van der Waals surface area (Å²) < 4.78 is 11.9. The minimum absolute atomic E-state index is 0.241. The Balaban J connectivity index is 2.82. The Morgan fingerprint density at radius 2 is 2.43 bits per heavy atom. The van der Waals surface area contributed by atoms with Crippen LogP contribution >= 0.6 is 0 Å². The second-order valence-corrected chi connectivity index (χ2v) is 1.17. The fourth-order valence-corrected chi connectivity index (χ4v) is 0.334. The van der Waals surface area contributed by atoms with E-state index in [4.69, 9.17) is 0 Å². The maximum atomic E-state index is 11.9. The molecule has 0 unspecified atom stereocenters. The van der Waals surface area contributed by atoms with Crippen molar-refractivity contribution in [3.63, 3.8) is 0 Å². The van der Waals surface area contributed by atoms with E-state index in [1.165, 1.54) is 24.6 Å². The standard InChI is InChI=1S/C5H4FN/c6-5-1-3-7-4-2-5/h1-4H/q+1. The maximum Gasteiger partial charge on any atom is 0.245 e. The molecule has 0 fully saturated rings. The van der Waals surface area contributed by atoms with Crippen LogP contribution in [0.2, 0.25) is 0 Å². The monoisotopic (exact) mass is 97.0 g/mol. The molecule has 1 aliphatic heterocycles. The van der Waals surface area contributed by atoms with Gasteiger partial charge >= 0.3 is 0 Å². The molecule has 1 aliphatic rings. The molecule has 1 heterocycles. The summed E-state index contributed by atoms with van der Waals surface area (Å²) in [6.45, 7) is 0. The van der Waals surface area contributed by atoms with Crippen LogP contribution in [0.25, 0.3) is 0 Å². The van der Waals surface area contributed by atoms with E-state index in [9.17, 15) is 4.39 Å². The van der Waals surface area contributed by atoms with Crippen LogP contribution in [0.3, 0.4) is 0 Å². The highest BCUT2D eigenvalue weighted by Crippen LogP contribution is 1.96. The second-order valence-electron chi connectivity index (χ2n) is 1.17. The van der Waals surface area contributed by atoms with E-state index in [0.717, 1.165) is 0 Å². The predicted octanol–water partition coefficient (Wildman–Crippen LogP) is 0.774. The Morgan fingerprint density at radius 1 is 1.57 bits per heavy atom. The molecular formula is C5H4FN+. The van der Waals surface area contributed by atoms with Crippen LogP contribution in [0, 0.1) is 0 Å². The molecule has 35 valence electrons. The van der Waals surface area contributed by atoms with Gasteiger partial charge in [0.2, 0.25) is 12.4 Å². The third-order valence-electron chi connectivity index (χ3n) is 0.640. The highest BCUT2D eigenvalue weighted by molar-refractivity contribution is 5.72. The first-order valence-corrected chi connectivity index (χ1v) is 1.95. The maximum absolute atomic E-state index is 11.9. The van der Waals surface area contributed by atoms with Gasteiger partial charge in [0, 0.05) is 12.2 Å². The topological polar surface area (TPSA) is 14.1 Å². The third-order valence-corrected chi connectivity index (χ3v) is 0.640. The summed E-state index contributed by atoms with van der Waals surface area (Å²) in [6, 6.07) is 0. The van der Waals surface area contributed by atoms with Crippen molar-refractivity contribution in [1.29, 1.82) is 0 Å². The normalized spacial score (nSPS) is 17.0. The van der Waals surface area contributed by atoms with E-state index >= 15 is 0 Å². The lowest BCUT2D eigenvalue weighted by Gasteiger charge is -1.75. The van der Waals surface area contributed by atoms with Gasteiger partial charge in [0.05, 0.1) is 4.99 Å². The van der Waals surface area contributed by atoms with Crippen molar-refractivity contribution in [3.05, 3.63) is 24.2 Å². The molecule has 0 atom stereocenters. The lowest BCUT2D eigenvalue weighted by atomic mass is 10.4. The zero-order valence-corrected chi connectivity index (χ0v) is 3.63. The van der Waals surface area contributed by atoms with E-state index < -0.39 is 0 Å². The molecular weight excluding hydrogens is 93.1 g/mol. The largest absolute Gasteiger partial charge is 0.245 e. The first kappa shape index (κ1) is 4.24. The van der Waals surface area contributed by atoms with Crippen molar-refractivity contribution >= 4 is 6.21 Å². The molecule has 0 saturated heterocycles. The minimum Gasteiger partial charge on any atom is -0.207 e. The third kappa shape index (κ3) is 0.961. The highest BCUT2D eigenvalue weighted by Gasteiger charge is 1.94. The van der Waals surface area contributed by atoms with E-state index in [2.05, 4.69) is 4.99 Å². The summed E-state index contributed by atoms with van der Waals surface area (Å²) in [6.07, 6.45) is 5.44. The van der Waals surface area contributed by atoms with Gasteiger partial charge in [0.1, 0.15) is 5.83 Å². The van der Waals surface area contributed by atoms with Gasteiger partial charge in [-0.1, -0.05) is 0 Å². The van der Waals surface area contributed by atoms with Gasteiger partial charge in [0.25, 0.3) is 0 Å². The second kappa shape index (κ2) is 1.69. The zero-order chi connectivity index (χ0) is 5.11. The summed E-state index contributed by atoms with van der Waals surface area (Å²) in [5.74, 6) is -0.241. The van der Waals surface area contributed by atoms with Gasteiger partial charge < -0.3 is 0 Å². The number of aliphatic imine (C=N–C) groups is 1. The first-order valence-electron chi connectivity index (χ1n) is 1.95. The quantitative estimate of drug-likeness (QED) is 0.424. The summed E-state index contributed by atoms with van der Waals surface area (Å²) in [7, 11) is 0. The molecule has 0 bridgehead atoms. The fourth-order valence-electron chi connectivity index (χ4n) is 0.334. The van der Waals surface area contributed by atoms with Gasteiger partial charge in [-0.05, 0) is 0 Å². The number of allylic oxidation sites excluding steroid dienone is 3. The van der Waals surface area contributed by atoms with Crippen molar-refractivity contribution in [3.8, 4) is 0 Å². The van der Waals surface area contributed by atoms with Crippen LogP contribution in [-0.2, 0) is 0 Å². The van der Waals surface area contributed by atoms with Crippen LogP contribution in [-0.4, -0.2) is 6.21 Å².